The van der Waals surface area contributed by atoms with Crippen LogP contribution < -0.4 is 5.32 Å². The van der Waals surface area contributed by atoms with Crippen LogP contribution in [0, 0.1) is 5.82 Å². The summed E-state index contributed by atoms with van der Waals surface area (Å²) in [7, 11) is 0. The largest absolute Gasteiger partial charge is 0.350 e. The van der Waals surface area contributed by atoms with Gasteiger partial charge in [0.25, 0.3) is 5.91 Å². The lowest BCUT2D eigenvalue weighted by molar-refractivity contribution is 0.0946. The Morgan fingerprint density at radius 2 is 1.65 bits per heavy atom. The zero-order valence-corrected chi connectivity index (χ0v) is 18.8. The maximum absolute atomic E-state index is 14.5. The number of fused-ring (bicyclic) bond motifs is 1. The van der Waals surface area contributed by atoms with Gasteiger partial charge in [0.15, 0.2) is 5.65 Å². The minimum Gasteiger partial charge on any atom is -0.350 e. The van der Waals surface area contributed by atoms with Gasteiger partial charge in [0.2, 0.25) is 0 Å². The predicted molar refractivity (Wildman–Crippen MR) is 131 cm³/mol. The quantitative estimate of drug-likeness (QED) is 0.340. The van der Waals surface area contributed by atoms with E-state index in [4.69, 9.17) is 11.6 Å². The molecule has 5 rings (SSSR count). The summed E-state index contributed by atoms with van der Waals surface area (Å²) in [6, 6.07) is 26.9. The molecular formula is C27H20ClFN4O. The molecule has 0 saturated heterocycles. The summed E-state index contributed by atoms with van der Waals surface area (Å²) >= 11 is 6.01. The standard InChI is InChI=1S/C27H20ClFN4O/c28-20-12-10-19(11-13-20)23-17-26-31-24(21-8-4-5-9-22(21)29)16-25(33(26)32-23)27(34)30-15-14-18-6-2-1-3-7-18/h1-13,16-17H,14-15H2,(H,30,34). The van der Waals surface area contributed by atoms with Crippen molar-refractivity contribution < 1.29 is 9.18 Å². The zero-order chi connectivity index (χ0) is 23.5. The number of benzene rings is 3. The van der Waals surface area contributed by atoms with E-state index >= 15 is 0 Å². The summed E-state index contributed by atoms with van der Waals surface area (Å²) < 4.78 is 16.0. The third-order valence-electron chi connectivity index (χ3n) is 5.49. The summed E-state index contributed by atoms with van der Waals surface area (Å²) in [6.45, 7) is 0.451. The number of aromatic nitrogens is 3. The van der Waals surface area contributed by atoms with Crippen LogP contribution in [0.4, 0.5) is 4.39 Å². The molecular weight excluding hydrogens is 451 g/mol. The van der Waals surface area contributed by atoms with Crippen molar-refractivity contribution in [1.29, 1.82) is 0 Å². The van der Waals surface area contributed by atoms with E-state index in [1.807, 2.05) is 42.5 Å². The lowest BCUT2D eigenvalue weighted by Crippen LogP contribution is -2.28. The van der Waals surface area contributed by atoms with Gasteiger partial charge in [-0.15, -0.1) is 0 Å². The zero-order valence-electron chi connectivity index (χ0n) is 18.1. The van der Waals surface area contributed by atoms with E-state index in [0.717, 1.165) is 11.1 Å². The molecule has 2 heterocycles. The third kappa shape index (κ3) is 4.54. The van der Waals surface area contributed by atoms with Crippen LogP contribution in [-0.2, 0) is 6.42 Å². The van der Waals surface area contributed by atoms with Crippen molar-refractivity contribution in [3.8, 4) is 22.5 Å². The minimum absolute atomic E-state index is 0.275. The molecule has 0 aliphatic carbocycles. The number of nitrogens with zero attached hydrogens (tertiary/aromatic N) is 3. The molecule has 1 N–H and O–H groups in total. The molecule has 0 aliphatic heterocycles. The lowest BCUT2D eigenvalue weighted by atomic mass is 10.1. The van der Waals surface area contributed by atoms with E-state index in [2.05, 4.69) is 15.4 Å². The predicted octanol–water partition coefficient (Wildman–Crippen LogP) is 5.83. The number of carbonyl (C=O) groups excluding carboxylic acids is 1. The maximum Gasteiger partial charge on any atom is 0.270 e. The highest BCUT2D eigenvalue weighted by Gasteiger charge is 2.18. The molecule has 5 aromatic rings. The minimum atomic E-state index is -0.410. The second-order valence-corrected chi connectivity index (χ2v) is 8.24. The van der Waals surface area contributed by atoms with Crippen molar-refractivity contribution in [2.75, 3.05) is 6.54 Å². The highest BCUT2D eigenvalue weighted by Crippen LogP contribution is 2.26. The first-order chi connectivity index (χ1) is 16.6. The van der Waals surface area contributed by atoms with E-state index in [1.54, 1.807) is 42.5 Å². The van der Waals surface area contributed by atoms with Crippen molar-refractivity contribution in [2.24, 2.45) is 0 Å². The first-order valence-corrected chi connectivity index (χ1v) is 11.2. The maximum atomic E-state index is 14.5. The van der Waals surface area contributed by atoms with E-state index in [9.17, 15) is 9.18 Å². The molecule has 0 fully saturated rings. The van der Waals surface area contributed by atoms with Gasteiger partial charge in [0.05, 0.1) is 11.4 Å². The topological polar surface area (TPSA) is 59.3 Å². The van der Waals surface area contributed by atoms with Gasteiger partial charge in [0.1, 0.15) is 11.5 Å². The summed E-state index contributed by atoms with van der Waals surface area (Å²) in [4.78, 5) is 17.8. The second kappa shape index (κ2) is 9.45. The van der Waals surface area contributed by atoms with Gasteiger partial charge in [-0.2, -0.15) is 5.10 Å². The first-order valence-electron chi connectivity index (χ1n) is 10.8. The van der Waals surface area contributed by atoms with Crippen molar-refractivity contribution >= 4 is 23.2 Å². The Morgan fingerprint density at radius 1 is 0.912 bits per heavy atom. The Kier molecular flexibility index (Phi) is 6.06. The van der Waals surface area contributed by atoms with E-state index in [-0.39, 0.29) is 11.6 Å². The van der Waals surface area contributed by atoms with Crippen molar-refractivity contribution in [2.45, 2.75) is 6.42 Å². The molecule has 0 spiro atoms. The van der Waals surface area contributed by atoms with Gasteiger partial charge < -0.3 is 5.32 Å². The molecule has 0 radical (unpaired) electrons. The fraction of sp³-hybridized carbons (Fsp3) is 0.0741. The average molecular weight is 471 g/mol. The number of rotatable bonds is 6. The molecule has 2 aromatic heterocycles. The molecule has 0 bridgehead atoms. The summed E-state index contributed by atoms with van der Waals surface area (Å²) in [6.07, 6.45) is 0.691. The summed E-state index contributed by atoms with van der Waals surface area (Å²) in [5, 5.41) is 8.18. The monoisotopic (exact) mass is 470 g/mol. The van der Waals surface area contributed by atoms with E-state index in [0.29, 0.717) is 40.6 Å². The van der Waals surface area contributed by atoms with Crippen LogP contribution in [0.15, 0.2) is 91.0 Å². The fourth-order valence-electron chi connectivity index (χ4n) is 3.76. The van der Waals surface area contributed by atoms with E-state index < -0.39 is 5.82 Å². The van der Waals surface area contributed by atoms with E-state index in [1.165, 1.54) is 10.6 Å². The van der Waals surface area contributed by atoms with Crippen LogP contribution in [0.3, 0.4) is 0 Å². The summed E-state index contributed by atoms with van der Waals surface area (Å²) in [5.74, 6) is -0.723. The molecule has 34 heavy (non-hydrogen) atoms. The van der Waals surface area contributed by atoms with Gasteiger partial charge in [-0.1, -0.05) is 66.2 Å². The van der Waals surface area contributed by atoms with Crippen LogP contribution in [0.25, 0.3) is 28.2 Å². The Labute approximate surface area is 200 Å². The molecule has 7 heteroatoms. The number of amides is 1. The first kappa shape index (κ1) is 21.8. The summed E-state index contributed by atoms with van der Waals surface area (Å²) in [5.41, 5.74) is 3.99. The SMILES string of the molecule is O=C(NCCc1ccccc1)c1cc(-c2ccccc2F)nc2cc(-c3ccc(Cl)cc3)nn12. The van der Waals surface area contributed by atoms with Gasteiger partial charge in [-0.25, -0.2) is 13.9 Å². The van der Waals surface area contributed by atoms with Gasteiger partial charge in [0, 0.05) is 28.8 Å². The van der Waals surface area contributed by atoms with Gasteiger partial charge in [-0.05, 0) is 42.3 Å². The molecule has 0 aliphatic rings. The Bertz CT molecular complexity index is 1470. The number of carbonyl (C=O) groups is 1. The number of nitrogens with one attached hydrogen (secondary N) is 1. The highest BCUT2D eigenvalue weighted by molar-refractivity contribution is 6.30. The molecule has 0 atom stereocenters. The Hall–Kier alpha value is -4.03. The number of hydrogen-bond donors (Lipinski definition) is 1. The van der Waals surface area contributed by atoms with Crippen LogP contribution >= 0.6 is 11.6 Å². The molecule has 0 unspecified atom stereocenters. The smallest absolute Gasteiger partial charge is 0.270 e. The Morgan fingerprint density at radius 3 is 2.41 bits per heavy atom. The normalized spacial score (nSPS) is 11.0. The molecule has 3 aromatic carbocycles. The molecule has 0 saturated carbocycles. The van der Waals surface area contributed by atoms with Gasteiger partial charge in [-0.3, -0.25) is 4.79 Å². The number of hydrogen-bond acceptors (Lipinski definition) is 3. The van der Waals surface area contributed by atoms with Crippen molar-refractivity contribution in [3.05, 3.63) is 113 Å². The Balaban J connectivity index is 1.54. The van der Waals surface area contributed by atoms with Crippen molar-refractivity contribution in [3.63, 3.8) is 0 Å². The van der Waals surface area contributed by atoms with Crippen LogP contribution in [0.1, 0.15) is 16.1 Å². The molecule has 5 nitrogen and oxygen atoms in total. The fourth-order valence-corrected chi connectivity index (χ4v) is 3.89. The lowest BCUT2D eigenvalue weighted by Gasteiger charge is -2.10. The third-order valence-corrected chi connectivity index (χ3v) is 5.74. The molecule has 1 amide bonds. The van der Waals surface area contributed by atoms with Crippen molar-refractivity contribution in [1.82, 2.24) is 19.9 Å². The molecule has 168 valence electrons. The highest BCUT2D eigenvalue weighted by atomic mass is 35.5. The van der Waals surface area contributed by atoms with Crippen LogP contribution in [0.2, 0.25) is 5.02 Å². The average Bonchev–Trinajstić information content (AvgIpc) is 3.29. The number of halogens is 2. The van der Waals surface area contributed by atoms with Gasteiger partial charge >= 0.3 is 0 Å². The van der Waals surface area contributed by atoms with Crippen LogP contribution in [0.5, 0.6) is 0 Å². The van der Waals surface area contributed by atoms with Crippen LogP contribution in [-0.4, -0.2) is 27.0 Å². The second-order valence-electron chi connectivity index (χ2n) is 7.80.